The molecule has 1 saturated heterocycles. The predicted octanol–water partition coefficient (Wildman–Crippen LogP) is 2.40. The molecule has 8 nitrogen and oxygen atoms in total. The minimum Gasteiger partial charge on any atom is -0.493 e. The third-order valence-electron chi connectivity index (χ3n) is 5.06. The Bertz CT molecular complexity index is 1010. The lowest BCUT2D eigenvalue weighted by molar-refractivity contribution is -0.116. The number of hydrogen-bond acceptors (Lipinski definition) is 5. The van der Waals surface area contributed by atoms with Crippen molar-refractivity contribution in [3.63, 3.8) is 0 Å². The maximum atomic E-state index is 13.0. The van der Waals surface area contributed by atoms with Crippen LogP contribution in [0.5, 0.6) is 11.5 Å². The van der Waals surface area contributed by atoms with Crippen LogP contribution in [0.15, 0.2) is 42.5 Å². The molecule has 0 saturated carbocycles. The monoisotopic (exact) mass is 433 g/mol. The lowest BCUT2D eigenvalue weighted by Gasteiger charge is -2.34. The van der Waals surface area contributed by atoms with Crippen LogP contribution in [-0.4, -0.2) is 56.8 Å². The number of rotatable bonds is 7. The maximum absolute atomic E-state index is 13.0. The van der Waals surface area contributed by atoms with Crippen LogP contribution < -0.4 is 14.8 Å². The molecular formula is C21H27N3O5S. The topological polar surface area (TPSA) is 88.2 Å². The summed E-state index contributed by atoms with van der Waals surface area (Å²) in [6.07, 6.45) is 0.661. The van der Waals surface area contributed by atoms with Crippen molar-refractivity contribution in [3.05, 3.63) is 53.6 Å². The average Bonchev–Trinajstić information content (AvgIpc) is 2.72. The highest BCUT2D eigenvalue weighted by atomic mass is 32.2. The molecule has 0 atom stereocenters. The summed E-state index contributed by atoms with van der Waals surface area (Å²) in [5.74, 6) is 0.606. The van der Waals surface area contributed by atoms with E-state index in [9.17, 15) is 13.2 Å². The van der Waals surface area contributed by atoms with Crippen molar-refractivity contribution in [1.29, 1.82) is 0 Å². The van der Waals surface area contributed by atoms with Gasteiger partial charge in [-0.2, -0.15) is 17.0 Å². The molecule has 162 valence electrons. The van der Waals surface area contributed by atoms with Crippen molar-refractivity contribution in [2.75, 3.05) is 39.2 Å². The van der Waals surface area contributed by atoms with Gasteiger partial charge in [-0.25, -0.2) is 0 Å². The van der Waals surface area contributed by atoms with Gasteiger partial charge in [-0.15, -0.1) is 0 Å². The van der Waals surface area contributed by atoms with Gasteiger partial charge in [0.25, 0.3) is 10.2 Å². The number of carbonyl (C=O) groups is 1. The Morgan fingerprint density at radius 3 is 2.43 bits per heavy atom. The van der Waals surface area contributed by atoms with Crippen LogP contribution >= 0.6 is 0 Å². The van der Waals surface area contributed by atoms with Gasteiger partial charge < -0.3 is 14.8 Å². The standard InChI is InChI=1S/C21H27N3O5S/c1-16-7-4-5-8-17(16)14-23-11-6-12-24(30(23,26)27)15-21(25)22-18-9-10-19(28-2)20(13-18)29-3/h4-5,7-10,13H,6,11-12,14-15H2,1-3H3,(H,22,25). The first-order valence-corrected chi connectivity index (χ1v) is 11.1. The van der Waals surface area contributed by atoms with Gasteiger partial charge in [-0.05, 0) is 36.6 Å². The molecule has 1 amide bonds. The lowest BCUT2D eigenvalue weighted by atomic mass is 10.1. The van der Waals surface area contributed by atoms with Crippen LogP contribution in [0.3, 0.4) is 0 Å². The molecule has 0 aliphatic carbocycles. The smallest absolute Gasteiger partial charge is 0.282 e. The minimum absolute atomic E-state index is 0.249. The zero-order chi connectivity index (χ0) is 21.7. The molecule has 0 unspecified atom stereocenters. The van der Waals surface area contributed by atoms with Crippen molar-refractivity contribution in [2.45, 2.75) is 19.9 Å². The molecule has 1 aliphatic rings. The van der Waals surface area contributed by atoms with Crippen molar-refractivity contribution in [2.24, 2.45) is 0 Å². The lowest BCUT2D eigenvalue weighted by Crippen LogP contribution is -2.51. The number of anilines is 1. The number of nitrogens with one attached hydrogen (secondary N) is 1. The zero-order valence-electron chi connectivity index (χ0n) is 17.4. The quantitative estimate of drug-likeness (QED) is 0.724. The van der Waals surface area contributed by atoms with Gasteiger partial charge >= 0.3 is 0 Å². The Balaban J connectivity index is 1.68. The van der Waals surface area contributed by atoms with Gasteiger partial charge in [-0.3, -0.25) is 4.79 Å². The summed E-state index contributed by atoms with van der Waals surface area (Å²) in [6, 6.07) is 12.7. The second kappa shape index (κ2) is 9.46. The van der Waals surface area contributed by atoms with Crippen molar-refractivity contribution in [3.8, 4) is 11.5 Å². The van der Waals surface area contributed by atoms with Crippen LogP contribution in [0.25, 0.3) is 0 Å². The van der Waals surface area contributed by atoms with Gasteiger partial charge in [0.2, 0.25) is 5.91 Å². The van der Waals surface area contributed by atoms with E-state index in [0.29, 0.717) is 43.2 Å². The molecule has 1 heterocycles. The third kappa shape index (κ3) is 4.92. The van der Waals surface area contributed by atoms with E-state index in [-0.39, 0.29) is 6.54 Å². The third-order valence-corrected chi connectivity index (χ3v) is 6.99. The van der Waals surface area contributed by atoms with Crippen LogP contribution in [0.4, 0.5) is 5.69 Å². The fraction of sp³-hybridized carbons (Fsp3) is 0.381. The second-order valence-corrected chi connectivity index (χ2v) is 9.00. The Kier molecular flexibility index (Phi) is 6.96. The molecule has 3 rings (SSSR count). The summed E-state index contributed by atoms with van der Waals surface area (Å²) < 4.78 is 39.1. The van der Waals surface area contributed by atoms with E-state index in [1.807, 2.05) is 31.2 Å². The SMILES string of the molecule is COc1ccc(NC(=O)CN2CCCN(Cc3ccccc3C)S2(=O)=O)cc1OC. The number of aryl methyl sites for hydroxylation is 1. The van der Waals surface area contributed by atoms with Gasteiger partial charge in [0.1, 0.15) is 0 Å². The first-order valence-electron chi connectivity index (χ1n) is 9.66. The molecule has 1 fully saturated rings. The number of amides is 1. The first kappa shape index (κ1) is 22.1. The zero-order valence-corrected chi connectivity index (χ0v) is 18.2. The molecule has 9 heteroatoms. The number of nitrogens with zero attached hydrogens (tertiary/aromatic N) is 2. The van der Waals surface area contributed by atoms with Gasteiger partial charge in [0, 0.05) is 31.4 Å². The average molecular weight is 434 g/mol. The van der Waals surface area contributed by atoms with E-state index in [1.165, 1.54) is 22.8 Å². The highest BCUT2D eigenvalue weighted by molar-refractivity contribution is 7.86. The fourth-order valence-electron chi connectivity index (χ4n) is 3.39. The molecule has 1 N–H and O–H groups in total. The molecule has 1 aliphatic heterocycles. The van der Waals surface area contributed by atoms with Crippen LogP contribution in [-0.2, 0) is 21.5 Å². The van der Waals surface area contributed by atoms with E-state index in [0.717, 1.165) is 11.1 Å². The molecule has 0 aromatic heterocycles. The Morgan fingerprint density at radius 1 is 1.03 bits per heavy atom. The molecule has 0 bridgehead atoms. The Hall–Kier alpha value is -2.62. The molecule has 0 radical (unpaired) electrons. The largest absolute Gasteiger partial charge is 0.493 e. The predicted molar refractivity (Wildman–Crippen MR) is 115 cm³/mol. The molecule has 2 aromatic rings. The van der Waals surface area contributed by atoms with E-state index in [4.69, 9.17) is 9.47 Å². The van der Waals surface area contributed by atoms with Crippen LogP contribution in [0, 0.1) is 6.92 Å². The molecule has 2 aromatic carbocycles. The van der Waals surface area contributed by atoms with Gasteiger partial charge in [0.05, 0.1) is 20.8 Å². The van der Waals surface area contributed by atoms with E-state index in [1.54, 1.807) is 18.2 Å². The molecule has 0 spiro atoms. The number of benzene rings is 2. The minimum atomic E-state index is -3.73. The van der Waals surface area contributed by atoms with Crippen molar-refractivity contribution in [1.82, 2.24) is 8.61 Å². The first-order chi connectivity index (χ1) is 14.3. The summed E-state index contributed by atoms with van der Waals surface area (Å²) in [4.78, 5) is 12.5. The summed E-state index contributed by atoms with van der Waals surface area (Å²) in [5.41, 5.74) is 2.50. The Labute approximate surface area is 177 Å². The van der Waals surface area contributed by atoms with Crippen LogP contribution in [0.1, 0.15) is 17.5 Å². The number of ether oxygens (including phenoxy) is 2. The summed E-state index contributed by atoms with van der Waals surface area (Å²) in [7, 11) is -0.694. The van der Waals surface area contributed by atoms with Gasteiger partial charge in [0.15, 0.2) is 11.5 Å². The molecular weight excluding hydrogens is 406 g/mol. The summed E-state index contributed by atoms with van der Waals surface area (Å²) >= 11 is 0. The van der Waals surface area contributed by atoms with Crippen molar-refractivity contribution < 1.29 is 22.7 Å². The van der Waals surface area contributed by atoms with Gasteiger partial charge in [-0.1, -0.05) is 24.3 Å². The van der Waals surface area contributed by atoms with Crippen LogP contribution in [0.2, 0.25) is 0 Å². The normalized spacial score (nSPS) is 16.8. The Morgan fingerprint density at radius 2 is 1.73 bits per heavy atom. The highest BCUT2D eigenvalue weighted by Crippen LogP contribution is 2.29. The summed E-state index contributed by atoms with van der Waals surface area (Å²) in [6.45, 7) is 2.75. The number of hydrogen-bond donors (Lipinski definition) is 1. The van der Waals surface area contributed by atoms with Crippen molar-refractivity contribution >= 4 is 21.8 Å². The molecule has 30 heavy (non-hydrogen) atoms. The number of methoxy groups -OCH3 is 2. The second-order valence-electron chi connectivity index (χ2n) is 7.07. The maximum Gasteiger partial charge on any atom is 0.282 e. The van der Waals surface area contributed by atoms with E-state index < -0.39 is 16.1 Å². The van der Waals surface area contributed by atoms with E-state index >= 15 is 0 Å². The fourth-order valence-corrected chi connectivity index (χ4v) is 5.02. The summed E-state index contributed by atoms with van der Waals surface area (Å²) in [5, 5.41) is 2.73. The number of carbonyl (C=O) groups excluding carboxylic acids is 1. The van der Waals surface area contributed by atoms with E-state index in [2.05, 4.69) is 5.32 Å². The highest BCUT2D eigenvalue weighted by Gasteiger charge is 2.34.